The second-order valence-electron chi connectivity index (χ2n) is 2.89. The largest absolute Gasteiger partial charge is 0.379 e. The van der Waals surface area contributed by atoms with E-state index >= 15 is 0 Å². The van der Waals surface area contributed by atoms with Gasteiger partial charge in [0, 0.05) is 13.1 Å². The highest BCUT2D eigenvalue weighted by Crippen LogP contribution is 2.25. The van der Waals surface area contributed by atoms with E-state index in [2.05, 4.69) is 0 Å². The van der Waals surface area contributed by atoms with E-state index in [1.165, 1.54) is 0 Å². The number of thioether (sulfide) groups is 1. The number of nitrogens with one attached hydrogen (secondary N) is 1. The molecule has 1 rings (SSSR count). The molecule has 3 N–H and O–H groups in total. The molecule has 0 aromatic heterocycles. The number of carbonyl (C=O) groups is 1. The van der Waals surface area contributed by atoms with Crippen LogP contribution in [0.5, 0.6) is 0 Å². The summed E-state index contributed by atoms with van der Waals surface area (Å²) in [5, 5.41) is 6.93. The first-order valence-corrected chi connectivity index (χ1v) is 4.82. The molecule has 1 aliphatic rings. The van der Waals surface area contributed by atoms with E-state index in [0.717, 1.165) is 24.6 Å². The monoisotopic (exact) mass is 187 g/mol. The maximum Gasteiger partial charge on any atom is 0.233 e. The Morgan fingerprint density at radius 2 is 2.33 bits per heavy atom. The number of amides is 1. The van der Waals surface area contributed by atoms with Gasteiger partial charge in [-0.15, -0.1) is 0 Å². The zero-order valence-corrected chi connectivity index (χ0v) is 7.86. The van der Waals surface area contributed by atoms with E-state index in [-0.39, 0.29) is 11.1 Å². The van der Waals surface area contributed by atoms with Crippen LogP contribution in [0.1, 0.15) is 12.8 Å². The van der Waals surface area contributed by atoms with Gasteiger partial charge in [0.05, 0.1) is 5.75 Å². The van der Waals surface area contributed by atoms with Crippen molar-refractivity contribution in [2.24, 2.45) is 5.73 Å². The predicted molar refractivity (Wildman–Crippen MR) is 50.2 cm³/mol. The Morgan fingerprint density at radius 1 is 1.75 bits per heavy atom. The lowest BCUT2D eigenvalue weighted by Gasteiger charge is -2.15. The van der Waals surface area contributed by atoms with E-state index in [1.54, 1.807) is 11.9 Å². The topological polar surface area (TPSA) is 70.2 Å². The van der Waals surface area contributed by atoms with Gasteiger partial charge >= 0.3 is 0 Å². The third-order valence-corrected chi connectivity index (χ3v) is 2.54. The molecule has 0 aromatic carbocycles. The van der Waals surface area contributed by atoms with Crippen LogP contribution in [-0.4, -0.2) is 34.8 Å². The Balaban J connectivity index is 2.22. The van der Waals surface area contributed by atoms with Crippen molar-refractivity contribution in [3.63, 3.8) is 0 Å². The van der Waals surface area contributed by atoms with Gasteiger partial charge in [0.25, 0.3) is 0 Å². The molecule has 5 heteroatoms. The van der Waals surface area contributed by atoms with Crippen molar-refractivity contribution in [1.29, 1.82) is 5.41 Å². The van der Waals surface area contributed by atoms with Crippen molar-refractivity contribution in [2.45, 2.75) is 18.9 Å². The number of nitrogens with zero attached hydrogens (tertiary/aromatic N) is 1. The van der Waals surface area contributed by atoms with Crippen LogP contribution < -0.4 is 5.73 Å². The van der Waals surface area contributed by atoms with Crippen molar-refractivity contribution < 1.29 is 4.79 Å². The number of hydrogen-bond donors (Lipinski definition) is 2. The van der Waals surface area contributed by atoms with E-state index in [0.29, 0.717) is 11.8 Å². The summed E-state index contributed by atoms with van der Waals surface area (Å²) < 4.78 is 0. The predicted octanol–water partition coefficient (Wildman–Crippen LogP) is 0.234. The molecular formula is C7H13N3OS. The average molecular weight is 187 g/mol. The van der Waals surface area contributed by atoms with Crippen molar-refractivity contribution in [3.8, 4) is 0 Å². The first-order valence-electron chi connectivity index (χ1n) is 3.83. The highest BCUT2D eigenvalue weighted by atomic mass is 32.2. The summed E-state index contributed by atoms with van der Waals surface area (Å²) in [5.74, 6) is 0.361. The van der Waals surface area contributed by atoms with E-state index < -0.39 is 0 Å². The summed E-state index contributed by atoms with van der Waals surface area (Å²) in [6.45, 7) is 0. The maximum atomic E-state index is 11.3. The summed E-state index contributed by atoms with van der Waals surface area (Å²) in [6, 6.07) is 0.449. The smallest absolute Gasteiger partial charge is 0.233 e. The summed E-state index contributed by atoms with van der Waals surface area (Å²) in [6.07, 6.45) is 2.24. The lowest BCUT2D eigenvalue weighted by molar-refractivity contribution is -0.127. The zero-order valence-electron chi connectivity index (χ0n) is 7.04. The highest BCUT2D eigenvalue weighted by Gasteiger charge is 2.29. The normalized spacial score (nSPS) is 15.8. The molecular weight excluding hydrogens is 174 g/mol. The Morgan fingerprint density at radius 3 is 2.75 bits per heavy atom. The Kier molecular flexibility index (Phi) is 2.97. The summed E-state index contributed by atoms with van der Waals surface area (Å²) in [4.78, 5) is 13.0. The molecule has 1 aliphatic carbocycles. The third-order valence-electron chi connectivity index (χ3n) is 1.84. The lowest BCUT2D eigenvalue weighted by atomic mass is 10.5. The molecule has 68 valence electrons. The first-order chi connectivity index (χ1) is 5.61. The molecule has 0 heterocycles. The molecule has 0 unspecified atom stereocenters. The van der Waals surface area contributed by atoms with Crippen LogP contribution in [0.15, 0.2) is 0 Å². The highest BCUT2D eigenvalue weighted by molar-refractivity contribution is 8.14. The molecule has 0 atom stereocenters. The SMILES string of the molecule is CN(C(=O)CSC(=N)N)C1CC1. The first kappa shape index (κ1) is 9.38. The summed E-state index contributed by atoms with van der Waals surface area (Å²) in [5.41, 5.74) is 5.11. The molecule has 1 saturated carbocycles. The van der Waals surface area contributed by atoms with Gasteiger partial charge in [0.2, 0.25) is 5.91 Å². The number of carbonyl (C=O) groups excluding carboxylic acids is 1. The molecule has 1 fully saturated rings. The molecule has 0 aliphatic heterocycles. The fourth-order valence-corrected chi connectivity index (χ4v) is 1.39. The number of amidine groups is 1. The Hall–Kier alpha value is -0.710. The fraction of sp³-hybridized carbons (Fsp3) is 0.714. The number of rotatable bonds is 3. The lowest BCUT2D eigenvalue weighted by Crippen LogP contribution is -2.30. The molecule has 0 bridgehead atoms. The van der Waals surface area contributed by atoms with Crippen LogP contribution in [0, 0.1) is 5.41 Å². The van der Waals surface area contributed by atoms with Crippen molar-refractivity contribution >= 4 is 22.8 Å². The summed E-state index contributed by atoms with van der Waals surface area (Å²) in [7, 11) is 1.81. The third kappa shape index (κ3) is 2.73. The minimum Gasteiger partial charge on any atom is -0.379 e. The van der Waals surface area contributed by atoms with Gasteiger partial charge in [0.1, 0.15) is 0 Å². The molecule has 0 radical (unpaired) electrons. The Bertz CT molecular complexity index is 203. The van der Waals surface area contributed by atoms with Crippen molar-refractivity contribution in [1.82, 2.24) is 4.90 Å². The molecule has 0 saturated heterocycles. The van der Waals surface area contributed by atoms with Crippen molar-refractivity contribution in [2.75, 3.05) is 12.8 Å². The van der Waals surface area contributed by atoms with Gasteiger partial charge in [-0.25, -0.2) is 0 Å². The molecule has 12 heavy (non-hydrogen) atoms. The molecule has 1 amide bonds. The quantitative estimate of drug-likeness (QED) is 0.491. The van der Waals surface area contributed by atoms with Gasteiger partial charge in [0.15, 0.2) is 5.17 Å². The van der Waals surface area contributed by atoms with Gasteiger partial charge in [-0.1, -0.05) is 11.8 Å². The molecule has 0 aromatic rings. The van der Waals surface area contributed by atoms with Crippen LogP contribution in [0.25, 0.3) is 0 Å². The minimum atomic E-state index is 0.00699. The van der Waals surface area contributed by atoms with Crippen LogP contribution in [0.4, 0.5) is 0 Å². The fourth-order valence-electron chi connectivity index (χ4n) is 0.907. The molecule has 0 spiro atoms. The second kappa shape index (κ2) is 3.80. The number of hydrogen-bond acceptors (Lipinski definition) is 3. The van der Waals surface area contributed by atoms with Crippen LogP contribution in [0.3, 0.4) is 0 Å². The van der Waals surface area contributed by atoms with E-state index in [9.17, 15) is 4.79 Å². The maximum absolute atomic E-state index is 11.3. The number of nitrogens with two attached hydrogens (primary N) is 1. The zero-order chi connectivity index (χ0) is 9.14. The van der Waals surface area contributed by atoms with Gasteiger partial charge < -0.3 is 10.6 Å². The van der Waals surface area contributed by atoms with Crippen LogP contribution in [0.2, 0.25) is 0 Å². The average Bonchev–Trinajstić information content (AvgIpc) is 2.80. The second-order valence-corrected chi connectivity index (χ2v) is 3.91. The van der Waals surface area contributed by atoms with E-state index in [1.807, 2.05) is 0 Å². The Labute approximate surface area is 76.0 Å². The van der Waals surface area contributed by atoms with Gasteiger partial charge in [-0.05, 0) is 12.8 Å². The standard InChI is InChI=1S/C7H13N3OS/c1-10(5-2-3-5)6(11)4-12-7(8)9/h5H,2-4H2,1H3,(H3,8,9). The summed E-state index contributed by atoms with van der Waals surface area (Å²) >= 11 is 1.08. The molecule has 4 nitrogen and oxygen atoms in total. The van der Waals surface area contributed by atoms with Gasteiger partial charge in [-0.2, -0.15) is 0 Å². The van der Waals surface area contributed by atoms with E-state index in [4.69, 9.17) is 11.1 Å². The minimum absolute atomic E-state index is 0.00699. The van der Waals surface area contributed by atoms with Crippen molar-refractivity contribution in [3.05, 3.63) is 0 Å². The van der Waals surface area contributed by atoms with Crippen LogP contribution in [-0.2, 0) is 4.79 Å². The van der Waals surface area contributed by atoms with Crippen LogP contribution >= 0.6 is 11.8 Å². The van der Waals surface area contributed by atoms with Gasteiger partial charge in [-0.3, -0.25) is 10.2 Å².